The van der Waals surface area contributed by atoms with Gasteiger partial charge in [-0.1, -0.05) is 29.8 Å². The van der Waals surface area contributed by atoms with E-state index in [0.29, 0.717) is 11.0 Å². The van der Waals surface area contributed by atoms with Crippen molar-refractivity contribution in [2.75, 3.05) is 11.1 Å². The fraction of sp³-hybridized carbons (Fsp3) is 0. The van der Waals surface area contributed by atoms with Crippen LogP contribution in [0.2, 0.25) is 5.15 Å². The first-order valence-electron chi connectivity index (χ1n) is 8.19. The van der Waals surface area contributed by atoms with Crippen LogP contribution in [0.4, 0.5) is 17.5 Å². The van der Waals surface area contributed by atoms with Gasteiger partial charge < -0.3 is 11.1 Å². The molecule has 0 fully saturated rings. The van der Waals surface area contributed by atoms with Crippen LogP contribution in [0.25, 0.3) is 31.4 Å². The molecule has 132 valence electrons. The third-order valence-electron chi connectivity index (χ3n) is 4.22. The zero-order valence-corrected chi connectivity index (χ0v) is 15.5. The van der Waals surface area contributed by atoms with Gasteiger partial charge in [0.1, 0.15) is 11.0 Å². The number of aromatic nitrogens is 4. The number of nitrogen functional groups attached to an aromatic ring is 1. The molecule has 0 radical (unpaired) electrons. The zero-order chi connectivity index (χ0) is 18.4. The number of anilines is 3. The summed E-state index contributed by atoms with van der Waals surface area (Å²) in [7, 11) is 0. The minimum Gasteiger partial charge on any atom is -0.368 e. The molecule has 0 unspecified atom stereocenters. The molecule has 0 aliphatic heterocycles. The predicted molar refractivity (Wildman–Crippen MR) is 112 cm³/mol. The van der Waals surface area contributed by atoms with Gasteiger partial charge in [0.25, 0.3) is 0 Å². The number of fused-ring (bicyclic) bond motifs is 2. The summed E-state index contributed by atoms with van der Waals surface area (Å²) < 4.78 is 1.24. The van der Waals surface area contributed by atoms with Crippen LogP contribution in [-0.2, 0) is 0 Å². The second-order valence-electron chi connectivity index (χ2n) is 6.07. The predicted octanol–water partition coefficient (Wildman–Crippen LogP) is 5.21. The van der Waals surface area contributed by atoms with Gasteiger partial charge in [-0.15, -0.1) is 11.3 Å². The van der Waals surface area contributed by atoms with E-state index in [-0.39, 0.29) is 5.95 Å². The molecule has 8 heteroatoms. The maximum absolute atomic E-state index is 5.98. The summed E-state index contributed by atoms with van der Waals surface area (Å²) >= 11 is 7.73. The maximum Gasteiger partial charge on any atom is 0.223 e. The Kier molecular flexibility index (Phi) is 3.70. The molecule has 3 heterocycles. The number of nitrogens with two attached hydrogens (primary N) is 1. The monoisotopic (exact) mass is 392 g/mol. The lowest BCUT2D eigenvalue weighted by Gasteiger charge is -2.09. The number of hydrogen-bond acceptors (Lipinski definition) is 6. The number of hydrogen-bond donors (Lipinski definition) is 3. The first-order chi connectivity index (χ1) is 13.2. The highest BCUT2D eigenvalue weighted by Gasteiger charge is 2.12. The van der Waals surface area contributed by atoms with E-state index in [9.17, 15) is 0 Å². The van der Waals surface area contributed by atoms with E-state index in [0.717, 1.165) is 27.0 Å². The van der Waals surface area contributed by atoms with Crippen LogP contribution in [-0.4, -0.2) is 20.2 Å². The van der Waals surface area contributed by atoms with Crippen LogP contribution >= 0.6 is 22.9 Å². The number of halogens is 1. The van der Waals surface area contributed by atoms with Gasteiger partial charge >= 0.3 is 0 Å². The molecule has 3 aromatic heterocycles. The topological polar surface area (TPSA) is 92.5 Å². The van der Waals surface area contributed by atoms with Crippen LogP contribution in [0, 0.1) is 0 Å². The second-order valence-corrected chi connectivity index (χ2v) is 7.54. The normalized spacial score (nSPS) is 11.3. The molecule has 4 N–H and O–H groups in total. The summed E-state index contributed by atoms with van der Waals surface area (Å²) in [5, 5.41) is 13.1. The number of thiophene rings is 1. The molecule has 0 amide bonds. The summed E-state index contributed by atoms with van der Waals surface area (Å²) in [4.78, 5) is 9.23. The van der Waals surface area contributed by atoms with Crippen molar-refractivity contribution in [3.63, 3.8) is 0 Å². The molecule has 0 saturated heterocycles. The van der Waals surface area contributed by atoms with Crippen molar-refractivity contribution in [2.45, 2.75) is 0 Å². The number of nitrogens with one attached hydrogen (secondary N) is 2. The Labute approximate surface area is 163 Å². The summed E-state index contributed by atoms with van der Waals surface area (Å²) in [6, 6.07) is 16.2. The number of rotatable bonds is 3. The molecule has 0 saturated carbocycles. The molecular weight excluding hydrogens is 380 g/mol. The molecule has 0 bridgehead atoms. The fourth-order valence-corrected chi connectivity index (χ4v) is 4.36. The molecule has 0 aliphatic carbocycles. The highest BCUT2D eigenvalue weighted by atomic mass is 35.5. The Morgan fingerprint density at radius 2 is 1.93 bits per heavy atom. The highest BCUT2D eigenvalue weighted by molar-refractivity contribution is 7.22. The van der Waals surface area contributed by atoms with E-state index >= 15 is 0 Å². The lowest BCUT2D eigenvalue weighted by molar-refractivity contribution is 1.12. The van der Waals surface area contributed by atoms with E-state index in [1.54, 1.807) is 23.6 Å². The molecule has 2 aromatic carbocycles. The van der Waals surface area contributed by atoms with E-state index in [1.165, 1.54) is 10.1 Å². The molecule has 6 nitrogen and oxygen atoms in total. The van der Waals surface area contributed by atoms with E-state index < -0.39 is 0 Å². The highest BCUT2D eigenvalue weighted by Crippen LogP contribution is 2.38. The van der Waals surface area contributed by atoms with E-state index in [2.05, 4.69) is 55.8 Å². The summed E-state index contributed by atoms with van der Waals surface area (Å²) in [5.74, 6) is 0.664. The maximum atomic E-state index is 5.98. The zero-order valence-electron chi connectivity index (χ0n) is 13.9. The SMILES string of the molecule is Nc1nc(Cl)cc(Nc2cc(-c3cc4ccccc4s3)c3[nH]ncc3c2)n1. The van der Waals surface area contributed by atoms with Crippen molar-refractivity contribution < 1.29 is 0 Å². The molecule has 0 atom stereocenters. The van der Waals surface area contributed by atoms with E-state index in [1.807, 2.05) is 12.1 Å². The number of aromatic amines is 1. The Bertz CT molecular complexity index is 1240. The molecule has 27 heavy (non-hydrogen) atoms. The Morgan fingerprint density at radius 1 is 1.04 bits per heavy atom. The average Bonchev–Trinajstić information content (AvgIpc) is 3.26. The van der Waals surface area contributed by atoms with Gasteiger partial charge in [0.15, 0.2) is 0 Å². The standard InChI is InChI=1S/C19H13ClN6S/c20-16-8-17(25-19(21)24-16)23-12-5-11-9-22-26-18(11)13(7-12)15-6-10-3-1-2-4-14(10)27-15/h1-9H,(H,22,26)(H3,21,23,24,25). The van der Waals surface area contributed by atoms with Crippen molar-refractivity contribution in [2.24, 2.45) is 0 Å². The van der Waals surface area contributed by atoms with Crippen LogP contribution in [0.5, 0.6) is 0 Å². The molecule has 5 aromatic rings. The van der Waals surface area contributed by atoms with Crippen LogP contribution in [0.1, 0.15) is 0 Å². The Hall–Kier alpha value is -3.16. The lowest BCUT2D eigenvalue weighted by atomic mass is 10.1. The first kappa shape index (κ1) is 16.0. The number of nitrogens with zero attached hydrogens (tertiary/aromatic N) is 3. The average molecular weight is 393 g/mol. The van der Waals surface area contributed by atoms with Gasteiger partial charge in [0.05, 0.1) is 11.7 Å². The van der Waals surface area contributed by atoms with Gasteiger partial charge in [-0.25, -0.2) is 4.98 Å². The van der Waals surface area contributed by atoms with Gasteiger partial charge in [-0.05, 0) is 29.7 Å². The van der Waals surface area contributed by atoms with Gasteiger partial charge in [0.2, 0.25) is 5.95 Å². The van der Waals surface area contributed by atoms with Crippen molar-refractivity contribution in [1.29, 1.82) is 0 Å². The van der Waals surface area contributed by atoms with Crippen LogP contribution < -0.4 is 11.1 Å². The summed E-state index contributed by atoms with van der Waals surface area (Å²) in [6.07, 6.45) is 1.80. The second kappa shape index (κ2) is 6.22. The van der Waals surface area contributed by atoms with E-state index in [4.69, 9.17) is 17.3 Å². The molecular formula is C19H13ClN6S. The van der Waals surface area contributed by atoms with Crippen molar-refractivity contribution in [3.05, 3.63) is 59.9 Å². The first-order valence-corrected chi connectivity index (χ1v) is 9.38. The van der Waals surface area contributed by atoms with Crippen molar-refractivity contribution in [1.82, 2.24) is 20.2 Å². The van der Waals surface area contributed by atoms with Gasteiger partial charge in [0, 0.05) is 32.3 Å². The Morgan fingerprint density at radius 3 is 2.78 bits per heavy atom. The minimum atomic E-state index is 0.124. The van der Waals surface area contributed by atoms with Crippen LogP contribution in [0.15, 0.2) is 54.7 Å². The van der Waals surface area contributed by atoms with Crippen LogP contribution in [0.3, 0.4) is 0 Å². The third-order valence-corrected chi connectivity index (χ3v) is 5.57. The molecule has 0 aliphatic rings. The third kappa shape index (κ3) is 2.97. The number of H-pyrrole nitrogens is 1. The largest absolute Gasteiger partial charge is 0.368 e. The Balaban J connectivity index is 1.64. The minimum absolute atomic E-state index is 0.124. The molecule has 0 spiro atoms. The van der Waals surface area contributed by atoms with Gasteiger partial charge in [-0.2, -0.15) is 10.1 Å². The summed E-state index contributed by atoms with van der Waals surface area (Å²) in [6.45, 7) is 0. The fourth-order valence-electron chi connectivity index (χ4n) is 3.09. The smallest absolute Gasteiger partial charge is 0.223 e. The van der Waals surface area contributed by atoms with Crippen molar-refractivity contribution >= 4 is 61.4 Å². The lowest BCUT2D eigenvalue weighted by Crippen LogP contribution is -2.00. The van der Waals surface area contributed by atoms with Gasteiger partial charge in [-0.3, -0.25) is 5.10 Å². The quantitative estimate of drug-likeness (QED) is 0.366. The summed E-state index contributed by atoms with van der Waals surface area (Å²) in [5.41, 5.74) is 8.62. The molecule has 5 rings (SSSR count). The number of benzene rings is 2. The van der Waals surface area contributed by atoms with Crippen molar-refractivity contribution in [3.8, 4) is 10.4 Å².